The van der Waals surface area contributed by atoms with E-state index in [9.17, 15) is 23.9 Å². The van der Waals surface area contributed by atoms with Crippen molar-refractivity contribution >= 4 is 17.9 Å². The number of hydrogen-bond donors (Lipinski definition) is 4. The van der Waals surface area contributed by atoms with Crippen molar-refractivity contribution < 1.29 is 28.6 Å². The number of carboxylic acid groups (broad SMARTS) is 1. The van der Waals surface area contributed by atoms with Gasteiger partial charge in [-0.05, 0) is 41.8 Å². The first-order valence-corrected chi connectivity index (χ1v) is 14.3. The topological polar surface area (TPSA) is 123 Å². The number of rotatable bonds is 7. The Hall–Kier alpha value is -3.98. The van der Waals surface area contributed by atoms with E-state index in [-0.39, 0.29) is 24.9 Å². The third-order valence-electron chi connectivity index (χ3n) is 7.83. The van der Waals surface area contributed by atoms with E-state index in [4.69, 9.17) is 4.74 Å². The Morgan fingerprint density at radius 3 is 2.24 bits per heavy atom. The molecular weight excluding hydrogens is 541 g/mol. The van der Waals surface area contributed by atoms with Gasteiger partial charge in [0.05, 0.1) is 25.8 Å². The number of benzene rings is 2. The van der Waals surface area contributed by atoms with Gasteiger partial charge in [-0.25, -0.2) is 9.18 Å². The molecule has 0 bridgehead atoms. The van der Waals surface area contributed by atoms with E-state index in [0.29, 0.717) is 19.5 Å². The molecule has 0 saturated carbocycles. The van der Waals surface area contributed by atoms with Crippen molar-refractivity contribution in [1.82, 2.24) is 25.8 Å². The molecule has 0 spiro atoms. The number of carbonyl (C=O) groups excluding carboxylic acids is 2. The van der Waals surface area contributed by atoms with Crippen LogP contribution in [0, 0.1) is 11.8 Å². The van der Waals surface area contributed by atoms with E-state index < -0.39 is 30.3 Å². The highest BCUT2D eigenvalue weighted by atomic mass is 19.1. The van der Waals surface area contributed by atoms with Gasteiger partial charge < -0.3 is 25.8 Å². The molecular formula is C31H36FN5O5. The highest BCUT2D eigenvalue weighted by Gasteiger charge is 2.41. The lowest BCUT2D eigenvalue weighted by atomic mass is 10.1. The number of alkyl halides is 1. The number of morpholine rings is 1. The average Bonchev–Trinajstić information content (AvgIpc) is 3.63. The lowest BCUT2D eigenvalue weighted by Gasteiger charge is -2.26. The number of ether oxygens (including phenoxy) is 1. The van der Waals surface area contributed by atoms with Gasteiger partial charge in [0.25, 0.3) is 0 Å². The van der Waals surface area contributed by atoms with Crippen molar-refractivity contribution in [1.29, 1.82) is 0 Å². The normalized spacial score (nSPS) is 24.1. The number of nitrogens with zero attached hydrogens (tertiary/aromatic N) is 2. The van der Waals surface area contributed by atoms with Crippen molar-refractivity contribution in [2.24, 2.45) is 0 Å². The summed E-state index contributed by atoms with van der Waals surface area (Å²) in [6.07, 6.45) is -2.47. The Labute approximate surface area is 244 Å². The lowest BCUT2D eigenvalue weighted by Crippen LogP contribution is -2.49. The first kappa shape index (κ1) is 29.5. The Morgan fingerprint density at radius 2 is 1.60 bits per heavy atom. The molecule has 10 nitrogen and oxygen atoms in total. The number of hydrogen-bond acceptors (Lipinski definition) is 6. The van der Waals surface area contributed by atoms with Crippen LogP contribution in [-0.4, -0.2) is 96.5 Å². The maximum absolute atomic E-state index is 13.7. The molecule has 3 aliphatic heterocycles. The summed E-state index contributed by atoms with van der Waals surface area (Å²) in [4.78, 5) is 39.8. The molecule has 5 rings (SSSR count). The van der Waals surface area contributed by atoms with Crippen molar-refractivity contribution in [2.45, 2.75) is 50.2 Å². The first-order valence-electron chi connectivity index (χ1n) is 14.3. The molecule has 0 unspecified atom stereocenters. The molecule has 3 fully saturated rings. The van der Waals surface area contributed by atoms with Crippen LogP contribution in [0.2, 0.25) is 0 Å². The van der Waals surface area contributed by atoms with E-state index in [2.05, 4.69) is 44.8 Å². The van der Waals surface area contributed by atoms with Crippen LogP contribution in [0.15, 0.2) is 48.5 Å². The van der Waals surface area contributed by atoms with Gasteiger partial charge in [-0.1, -0.05) is 36.1 Å². The standard InChI is InChI=1S/C31H36FN5O5/c32-25-15-28(37(20-25)31(40)41)30(39)35-26-16-27(33-18-26)29(38)34-17-23-7-3-21(4-8-23)1-2-22-5-9-24(10-6-22)19-36-11-13-42-14-12-36/h3-10,25-28,33H,11-20H2,(H,34,38)(H,35,39)(H,40,41)/t25-,26+,27+,28-/m0/s1. The van der Waals surface area contributed by atoms with Gasteiger partial charge in [0.2, 0.25) is 11.8 Å². The summed E-state index contributed by atoms with van der Waals surface area (Å²) in [5, 5.41) is 18.0. The SMILES string of the molecule is O=C(NCc1ccc(C#Cc2ccc(CN3CCOCC3)cc2)cc1)[C@H]1C[C@@H](NC(=O)[C@@H]2C[C@H](F)CN2C(=O)O)CN1. The zero-order valence-electron chi connectivity index (χ0n) is 23.4. The van der Waals surface area contributed by atoms with Crippen LogP contribution in [0.4, 0.5) is 9.18 Å². The summed E-state index contributed by atoms with van der Waals surface area (Å²) in [5.41, 5.74) is 4.01. The van der Waals surface area contributed by atoms with Gasteiger partial charge in [-0.15, -0.1) is 0 Å². The molecule has 3 amide bonds. The molecule has 3 heterocycles. The fraction of sp³-hybridized carbons (Fsp3) is 0.452. The van der Waals surface area contributed by atoms with Crippen LogP contribution in [0.1, 0.15) is 35.1 Å². The molecule has 222 valence electrons. The maximum Gasteiger partial charge on any atom is 0.408 e. The number of carbonyl (C=O) groups is 3. The third-order valence-corrected chi connectivity index (χ3v) is 7.83. The smallest absolute Gasteiger partial charge is 0.408 e. The molecule has 0 aliphatic carbocycles. The number of nitrogens with one attached hydrogen (secondary N) is 3. The number of amides is 3. The molecule has 3 saturated heterocycles. The maximum atomic E-state index is 13.7. The molecule has 0 radical (unpaired) electrons. The second-order valence-electron chi connectivity index (χ2n) is 10.9. The van der Waals surface area contributed by atoms with Crippen molar-refractivity contribution in [3.63, 3.8) is 0 Å². The van der Waals surface area contributed by atoms with Gasteiger partial charge in [0.15, 0.2) is 0 Å². The molecule has 11 heteroatoms. The molecule has 4 N–H and O–H groups in total. The largest absolute Gasteiger partial charge is 0.465 e. The fourth-order valence-corrected chi connectivity index (χ4v) is 5.46. The third kappa shape index (κ3) is 7.85. The van der Waals surface area contributed by atoms with Gasteiger partial charge in [-0.3, -0.25) is 19.4 Å². The van der Waals surface area contributed by atoms with E-state index in [1.54, 1.807) is 0 Å². The summed E-state index contributed by atoms with van der Waals surface area (Å²) >= 11 is 0. The fourth-order valence-electron chi connectivity index (χ4n) is 5.46. The monoisotopic (exact) mass is 577 g/mol. The molecule has 2 aromatic carbocycles. The zero-order chi connectivity index (χ0) is 29.5. The zero-order valence-corrected chi connectivity index (χ0v) is 23.4. The lowest BCUT2D eigenvalue weighted by molar-refractivity contribution is -0.126. The second kappa shape index (κ2) is 13.8. The van der Waals surface area contributed by atoms with Crippen LogP contribution < -0.4 is 16.0 Å². The minimum absolute atomic E-state index is 0.157. The first-order chi connectivity index (χ1) is 20.3. The molecule has 3 aliphatic rings. The van der Waals surface area contributed by atoms with Crippen LogP contribution in [0.25, 0.3) is 0 Å². The Kier molecular flexibility index (Phi) is 9.69. The van der Waals surface area contributed by atoms with E-state index in [1.165, 1.54) is 5.56 Å². The Bertz CT molecular complexity index is 1320. The van der Waals surface area contributed by atoms with Crippen molar-refractivity contribution in [2.75, 3.05) is 39.4 Å². The van der Waals surface area contributed by atoms with Crippen LogP contribution >= 0.6 is 0 Å². The van der Waals surface area contributed by atoms with Crippen LogP contribution in [0.5, 0.6) is 0 Å². The number of halogens is 1. The quantitative estimate of drug-likeness (QED) is 0.368. The summed E-state index contributed by atoms with van der Waals surface area (Å²) in [6, 6.07) is 14.1. The summed E-state index contributed by atoms with van der Waals surface area (Å²) in [7, 11) is 0. The molecule has 42 heavy (non-hydrogen) atoms. The molecule has 2 aromatic rings. The minimum Gasteiger partial charge on any atom is -0.465 e. The van der Waals surface area contributed by atoms with Crippen molar-refractivity contribution in [3.05, 3.63) is 70.8 Å². The van der Waals surface area contributed by atoms with E-state index >= 15 is 0 Å². The van der Waals surface area contributed by atoms with Crippen LogP contribution in [0.3, 0.4) is 0 Å². The predicted octanol–water partition coefficient (Wildman–Crippen LogP) is 1.47. The van der Waals surface area contributed by atoms with Gasteiger partial charge in [0, 0.05) is 56.3 Å². The highest BCUT2D eigenvalue weighted by molar-refractivity contribution is 5.87. The van der Waals surface area contributed by atoms with Crippen molar-refractivity contribution in [3.8, 4) is 11.8 Å². The summed E-state index contributed by atoms with van der Waals surface area (Å²) < 4.78 is 19.1. The Morgan fingerprint density at radius 1 is 0.952 bits per heavy atom. The van der Waals surface area contributed by atoms with E-state index in [1.807, 2.05) is 36.4 Å². The molecule has 4 atom stereocenters. The Balaban J connectivity index is 1.04. The summed E-state index contributed by atoms with van der Waals surface area (Å²) in [5.74, 6) is 5.66. The predicted molar refractivity (Wildman–Crippen MR) is 153 cm³/mol. The summed E-state index contributed by atoms with van der Waals surface area (Å²) in [6.45, 7) is 4.82. The highest BCUT2D eigenvalue weighted by Crippen LogP contribution is 2.21. The van der Waals surface area contributed by atoms with Gasteiger partial charge in [-0.2, -0.15) is 0 Å². The average molecular weight is 578 g/mol. The van der Waals surface area contributed by atoms with Gasteiger partial charge in [0.1, 0.15) is 12.2 Å². The van der Waals surface area contributed by atoms with E-state index in [0.717, 1.165) is 54.4 Å². The second-order valence-corrected chi connectivity index (χ2v) is 10.9. The van der Waals surface area contributed by atoms with Crippen LogP contribution in [-0.2, 0) is 27.4 Å². The minimum atomic E-state index is -1.36. The van der Waals surface area contributed by atoms with Gasteiger partial charge >= 0.3 is 6.09 Å². The number of likely N-dealkylation sites (tertiary alicyclic amines) is 1. The molecule has 0 aromatic heterocycles.